The molecule has 5 atom stereocenters. The molecular weight excluding hydrogens is 316 g/mol. The van der Waals surface area contributed by atoms with E-state index in [4.69, 9.17) is 9.47 Å². The van der Waals surface area contributed by atoms with Gasteiger partial charge in [0.05, 0.1) is 18.7 Å². The van der Waals surface area contributed by atoms with Crippen molar-refractivity contribution in [3.8, 4) is 17.4 Å². The second kappa shape index (κ2) is 5.44. The molecule has 2 bridgehead atoms. The second-order valence-corrected chi connectivity index (χ2v) is 7.34. The summed E-state index contributed by atoms with van der Waals surface area (Å²) < 4.78 is 10.9. The molecule has 3 fully saturated rings. The molecule has 1 N–H and O–H groups in total. The highest BCUT2D eigenvalue weighted by atomic mass is 16.6. The molecule has 6 rings (SSSR count). The molecule has 5 heterocycles. The van der Waals surface area contributed by atoms with Crippen molar-refractivity contribution in [3.63, 3.8) is 0 Å². The van der Waals surface area contributed by atoms with Gasteiger partial charge in [0.2, 0.25) is 0 Å². The summed E-state index contributed by atoms with van der Waals surface area (Å²) in [7, 11) is 1.65. The molecule has 0 amide bonds. The maximum absolute atomic E-state index is 11.3. The normalized spacial score (nSPS) is 30.5. The van der Waals surface area contributed by atoms with Crippen LogP contribution in [0.4, 0.5) is 0 Å². The van der Waals surface area contributed by atoms with Gasteiger partial charge in [-0.1, -0.05) is 6.08 Å². The van der Waals surface area contributed by atoms with Crippen molar-refractivity contribution in [2.75, 3.05) is 20.2 Å². The third-order valence-corrected chi connectivity index (χ3v) is 6.13. The fourth-order valence-electron chi connectivity index (χ4n) is 4.69. The summed E-state index contributed by atoms with van der Waals surface area (Å²) in [5, 5.41) is 12.2. The molecule has 130 valence electrons. The van der Waals surface area contributed by atoms with Crippen LogP contribution in [0.1, 0.15) is 24.5 Å². The van der Waals surface area contributed by atoms with Crippen molar-refractivity contribution in [3.05, 3.63) is 36.4 Å². The van der Waals surface area contributed by atoms with Crippen LogP contribution in [0.3, 0.4) is 0 Å². The van der Waals surface area contributed by atoms with E-state index in [2.05, 4.69) is 22.5 Å². The van der Waals surface area contributed by atoms with Crippen LogP contribution in [0.5, 0.6) is 17.4 Å². The Labute approximate surface area is 146 Å². The molecule has 2 unspecified atom stereocenters. The number of fused-ring (bicyclic) bond motifs is 5. The third kappa shape index (κ3) is 2.26. The number of pyridine rings is 1. The highest BCUT2D eigenvalue weighted by Gasteiger charge is 2.44. The van der Waals surface area contributed by atoms with E-state index in [0.717, 1.165) is 47.5 Å². The first kappa shape index (κ1) is 15.2. The number of methoxy groups -OCH3 is 1. The molecule has 5 heteroatoms. The summed E-state index contributed by atoms with van der Waals surface area (Å²) in [6.45, 7) is 6.02. The van der Waals surface area contributed by atoms with E-state index in [0.29, 0.717) is 17.7 Å². The van der Waals surface area contributed by atoms with Crippen LogP contribution in [-0.4, -0.2) is 41.2 Å². The van der Waals surface area contributed by atoms with Crippen molar-refractivity contribution in [1.82, 2.24) is 9.88 Å². The highest BCUT2D eigenvalue weighted by molar-refractivity contribution is 5.89. The number of aliphatic hydroxyl groups excluding tert-OH is 1. The Morgan fingerprint density at radius 3 is 3.08 bits per heavy atom. The van der Waals surface area contributed by atoms with E-state index < -0.39 is 6.10 Å². The van der Waals surface area contributed by atoms with E-state index in [-0.39, 0.29) is 6.04 Å². The number of hydrogen-bond donors (Lipinski definition) is 1. The van der Waals surface area contributed by atoms with E-state index >= 15 is 0 Å². The standard InChI is InChI=1S/C20H22N2O3/c1-3-11-10-22-7-6-12(11)8-16(22)18(23)17-14-9-13(24-2)4-5-15(14)21-20-19(17)25-20/h3-5,9,11-12,16,18,23H,1,6-8,10H2,2H3/t11-,12?,16-,18-/m0/s1. The van der Waals surface area contributed by atoms with Crippen LogP contribution in [0.2, 0.25) is 0 Å². The molecule has 1 aromatic heterocycles. The molecule has 0 spiro atoms. The number of aliphatic hydroxyl groups is 1. The molecule has 25 heavy (non-hydrogen) atoms. The number of rotatable bonds is 4. The number of benzene rings is 1. The van der Waals surface area contributed by atoms with Crippen molar-refractivity contribution >= 4 is 10.9 Å². The summed E-state index contributed by atoms with van der Waals surface area (Å²) >= 11 is 0. The SMILES string of the molecule is C=C[C@H]1CN2CCC1C[C@H]2[C@H](O)c1c2c(nc3ccc(OC)cc13)O2. The minimum Gasteiger partial charge on any atom is -0.497 e. The Bertz CT molecular complexity index is 866. The Kier molecular flexibility index (Phi) is 3.30. The third-order valence-electron chi connectivity index (χ3n) is 6.13. The van der Waals surface area contributed by atoms with Gasteiger partial charge in [-0.05, 0) is 49.4 Å². The smallest absolute Gasteiger partial charge is 0.264 e. The summed E-state index contributed by atoms with van der Waals surface area (Å²) in [5.74, 6) is 3.32. The quantitative estimate of drug-likeness (QED) is 0.584. The number of aromatic nitrogens is 1. The van der Waals surface area contributed by atoms with Gasteiger partial charge in [0.25, 0.3) is 5.88 Å². The molecule has 1 aromatic carbocycles. The Morgan fingerprint density at radius 1 is 1.48 bits per heavy atom. The number of hydrogen-bond acceptors (Lipinski definition) is 5. The molecule has 4 aliphatic heterocycles. The molecule has 0 aliphatic carbocycles. The molecule has 0 radical (unpaired) electrons. The second-order valence-electron chi connectivity index (χ2n) is 7.34. The first-order chi connectivity index (χ1) is 12.2. The molecular formula is C20H22N2O3. The van der Waals surface area contributed by atoms with Crippen LogP contribution in [0.15, 0.2) is 30.9 Å². The lowest BCUT2D eigenvalue weighted by Gasteiger charge is -2.50. The van der Waals surface area contributed by atoms with Gasteiger partial charge >= 0.3 is 0 Å². The predicted molar refractivity (Wildman–Crippen MR) is 95.1 cm³/mol. The minimum absolute atomic E-state index is 0.125. The van der Waals surface area contributed by atoms with Gasteiger partial charge in [0.1, 0.15) is 5.75 Å². The fraction of sp³-hybridized carbons (Fsp3) is 0.450. The monoisotopic (exact) mass is 338 g/mol. The lowest BCUT2D eigenvalue weighted by molar-refractivity contribution is -0.0445. The number of nitrogens with zero attached hydrogens (tertiary/aromatic N) is 2. The maximum Gasteiger partial charge on any atom is 0.264 e. The van der Waals surface area contributed by atoms with Gasteiger partial charge < -0.3 is 14.6 Å². The largest absolute Gasteiger partial charge is 0.497 e. The summed E-state index contributed by atoms with van der Waals surface area (Å²) in [6, 6.07) is 5.89. The lowest BCUT2D eigenvalue weighted by Crippen LogP contribution is -2.54. The highest BCUT2D eigenvalue weighted by Crippen LogP contribution is 2.54. The zero-order valence-electron chi connectivity index (χ0n) is 14.3. The zero-order valence-corrected chi connectivity index (χ0v) is 14.3. The average Bonchev–Trinajstić information content (AvgIpc) is 3.44. The van der Waals surface area contributed by atoms with Crippen LogP contribution < -0.4 is 9.47 Å². The maximum atomic E-state index is 11.3. The van der Waals surface area contributed by atoms with Gasteiger partial charge in [0, 0.05) is 23.5 Å². The summed E-state index contributed by atoms with van der Waals surface area (Å²) in [4.78, 5) is 6.90. The zero-order chi connectivity index (χ0) is 17.1. The van der Waals surface area contributed by atoms with Crippen molar-refractivity contribution in [2.24, 2.45) is 11.8 Å². The van der Waals surface area contributed by atoms with Crippen LogP contribution in [0.25, 0.3) is 10.9 Å². The van der Waals surface area contributed by atoms with E-state index in [1.807, 2.05) is 18.2 Å². The number of ether oxygens (including phenoxy) is 2. The molecule has 2 aromatic rings. The van der Waals surface area contributed by atoms with Gasteiger partial charge in [-0.15, -0.1) is 6.58 Å². The first-order valence-electron chi connectivity index (χ1n) is 8.93. The average molecular weight is 338 g/mol. The van der Waals surface area contributed by atoms with Gasteiger partial charge in [0.15, 0.2) is 5.75 Å². The molecule has 0 saturated carbocycles. The summed E-state index contributed by atoms with van der Waals surface area (Å²) in [5.41, 5.74) is 1.71. The van der Waals surface area contributed by atoms with Gasteiger partial charge in [-0.25, -0.2) is 4.98 Å². The predicted octanol–water partition coefficient (Wildman–Crippen LogP) is 3.28. The topological polar surface area (TPSA) is 58.1 Å². The fourth-order valence-corrected chi connectivity index (χ4v) is 4.69. The summed E-state index contributed by atoms with van der Waals surface area (Å²) in [6.07, 6.45) is 3.69. The van der Waals surface area contributed by atoms with Crippen molar-refractivity contribution in [1.29, 1.82) is 0 Å². The van der Waals surface area contributed by atoms with Crippen molar-refractivity contribution in [2.45, 2.75) is 25.0 Å². The Hall–Kier alpha value is -2.11. The molecule has 5 nitrogen and oxygen atoms in total. The van der Waals surface area contributed by atoms with E-state index in [9.17, 15) is 5.11 Å². The van der Waals surface area contributed by atoms with E-state index in [1.165, 1.54) is 6.42 Å². The van der Waals surface area contributed by atoms with E-state index in [1.54, 1.807) is 7.11 Å². The van der Waals surface area contributed by atoms with Crippen molar-refractivity contribution < 1.29 is 14.6 Å². The lowest BCUT2D eigenvalue weighted by atomic mass is 9.73. The molecule has 3 saturated heterocycles. The minimum atomic E-state index is -0.581. The Morgan fingerprint density at radius 2 is 2.36 bits per heavy atom. The Balaban J connectivity index is 1.56. The van der Waals surface area contributed by atoms with Gasteiger partial charge in [-0.3, -0.25) is 4.90 Å². The number of piperidine rings is 3. The van der Waals surface area contributed by atoms with Crippen LogP contribution in [0, 0.1) is 11.8 Å². The van der Waals surface area contributed by atoms with Crippen LogP contribution in [-0.2, 0) is 0 Å². The van der Waals surface area contributed by atoms with Crippen LogP contribution >= 0.6 is 0 Å². The first-order valence-corrected chi connectivity index (χ1v) is 8.93. The molecule has 4 aliphatic rings. The van der Waals surface area contributed by atoms with Gasteiger partial charge in [-0.2, -0.15) is 0 Å².